The van der Waals surface area contributed by atoms with Crippen LogP contribution in [-0.4, -0.2) is 33.1 Å². The van der Waals surface area contributed by atoms with E-state index in [4.69, 9.17) is 5.26 Å². The Morgan fingerprint density at radius 1 is 1.07 bits per heavy atom. The van der Waals surface area contributed by atoms with Crippen molar-refractivity contribution >= 4 is 35.3 Å². The molecule has 2 aromatic heterocycles. The number of nitrogens with one attached hydrogen (secondary N) is 2. The molecule has 1 fully saturated rings. The Bertz CT molecular complexity index is 1460. The van der Waals surface area contributed by atoms with E-state index in [1.54, 1.807) is 23.0 Å². The molecule has 9 heteroatoms. The van der Waals surface area contributed by atoms with Crippen LogP contribution in [0.25, 0.3) is 0 Å². The molecule has 2 aromatic carbocycles. The molecule has 1 aliphatic rings. The first kappa shape index (κ1) is 26.6. The number of nitrogens with zero attached hydrogens (tertiary/aromatic N) is 6. The molecule has 1 aliphatic carbocycles. The summed E-state index contributed by atoms with van der Waals surface area (Å²) >= 11 is 0. The van der Waals surface area contributed by atoms with Gasteiger partial charge in [-0.25, -0.2) is 14.8 Å². The molecule has 0 unspecified atom stereocenters. The van der Waals surface area contributed by atoms with Crippen molar-refractivity contribution in [3.05, 3.63) is 96.3 Å². The van der Waals surface area contributed by atoms with Gasteiger partial charge in [0.2, 0.25) is 0 Å². The molecule has 0 bridgehead atoms. The fourth-order valence-corrected chi connectivity index (χ4v) is 4.92. The van der Waals surface area contributed by atoms with E-state index >= 15 is 0 Å². The minimum Gasteiger partial charge on any atom is -0.340 e. The fourth-order valence-electron chi connectivity index (χ4n) is 4.92. The standard InChI is InChI=1S/C31H32N8O/c1-38-30(17-18-36-38)37-26-10-14-28(15-11-26)39(31(40)35-21-23-5-3-2-4-6-23)27-12-7-24(8-13-27)20-33-29-16-9-25(19-32)22-34-29/h2-6,9-11,14-18,20,22,24,27,37H,7-8,12-13,21H2,1H3,(H,35,40). The summed E-state index contributed by atoms with van der Waals surface area (Å²) in [6.07, 6.45) is 8.82. The third-order valence-electron chi connectivity index (χ3n) is 7.15. The van der Waals surface area contributed by atoms with E-state index in [2.05, 4.69) is 31.8 Å². The smallest absolute Gasteiger partial charge is 0.322 e. The Balaban J connectivity index is 1.27. The highest BCUT2D eigenvalue weighted by Crippen LogP contribution is 2.31. The maximum Gasteiger partial charge on any atom is 0.322 e. The molecule has 0 aliphatic heterocycles. The van der Waals surface area contributed by atoms with Crippen LogP contribution in [0.15, 0.2) is 90.2 Å². The van der Waals surface area contributed by atoms with Crippen molar-refractivity contribution in [2.75, 3.05) is 10.2 Å². The minimum atomic E-state index is -0.102. The number of rotatable bonds is 8. The van der Waals surface area contributed by atoms with Crippen LogP contribution >= 0.6 is 0 Å². The van der Waals surface area contributed by atoms with Gasteiger partial charge in [-0.15, -0.1) is 0 Å². The molecular weight excluding hydrogens is 500 g/mol. The maximum atomic E-state index is 13.6. The van der Waals surface area contributed by atoms with Crippen molar-refractivity contribution in [2.24, 2.45) is 18.0 Å². The normalized spacial score (nSPS) is 16.8. The van der Waals surface area contributed by atoms with Crippen LogP contribution in [0.5, 0.6) is 0 Å². The second-order valence-corrected chi connectivity index (χ2v) is 9.89. The number of carbonyl (C=O) groups excluding carboxylic acids is 1. The first-order valence-corrected chi connectivity index (χ1v) is 13.5. The summed E-state index contributed by atoms with van der Waals surface area (Å²) < 4.78 is 1.77. The summed E-state index contributed by atoms with van der Waals surface area (Å²) in [6, 6.07) is 25.3. The van der Waals surface area contributed by atoms with Gasteiger partial charge in [-0.2, -0.15) is 10.4 Å². The molecule has 4 aromatic rings. The lowest BCUT2D eigenvalue weighted by Gasteiger charge is -2.36. The number of hydrogen-bond acceptors (Lipinski definition) is 6. The van der Waals surface area contributed by atoms with Gasteiger partial charge < -0.3 is 10.6 Å². The van der Waals surface area contributed by atoms with Crippen molar-refractivity contribution < 1.29 is 4.79 Å². The number of pyridine rings is 1. The van der Waals surface area contributed by atoms with Crippen LogP contribution in [0, 0.1) is 17.2 Å². The molecule has 40 heavy (non-hydrogen) atoms. The van der Waals surface area contributed by atoms with Gasteiger partial charge in [0, 0.05) is 49.5 Å². The predicted molar refractivity (Wildman–Crippen MR) is 157 cm³/mol. The highest BCUT2D eigenvalue weighted by molar-refractivity contribution is 5.93. The number of benzene rings is 2. The quantitative estimate of drug-likeness (QED) is 0.266. The lowest BCUT2D eigenvalue weighted by Crippen LogP contribution is -2.47. The van der Waals surface area contributed by atoms with E-state index in [1.165, 1.54) is 6.20 Å². The summed E-state index contributed by atoms with van der Waals surface area (Å²) in [4.78, 5) is 24.2. The average Bonchev–Trinajstić information content (AvgIpc) is 3.41. The number of amides is 2. The van der Waals surface area contributed by atoms with Crippen LogP contribution in [0.3, 0.4) is 0 Å². The van der Waals surface area contributed by atoms with Gasteiger partial charge in [-0.3, -0.25) is 9.58 Å². The largest absolute Gasteiger partial charge is 0.340 e. The molecule has 2 amide bonds. The van der Waals surface area contributed by atoms with Crippen LogP contribution in [0.2, 0.25) is 0 Å². The molecule has 2 N–H and O–H groups in total. The van der Waals surface area contributed by atoms with Crippen LogP contribution in [-0.2, 0) is 13.6 Å². The van der Waals surface area contributed by atoms with Crippen molar-refractivity contribution in [1.82, 2.24) is 20.1 Å². The number of hydrogen-bond donors (Lipinski definition) is 2. The van der Waals surface area contributed by atoms with Crippen LogP contribution in [0.1, 0.15) is 36.8 Å². The number of aromatic nitrogens is 3. The van der Waals surface area contributed by atoms with E-state index in [0.29, 0.717) is 23.8 Å². The zero-order chi connectivity index (χ0) is 27.7. The summed E-state index contributed by atoms with van der Waals surface area (Å²) in [5.74, 6) is 1.80. The summed E-state index contributed by atoms with van der Waals surface area (Å²) in [6.45, 7) is 0.468. The number of nitriles is 1. The second kappa shape index (κ2) is 12.7. The van der Waals surface area contributed by atoms with Gasteiger partial charge >= 0.3 is 6.03 Å². The topological polar surface area (TPSA) is 111 Å². The summed E-state index contributed by atoms with van der Waals surface area (Å²) in [7, 11) is 1.89. The Morgan fingerprint density at radius 2 is 1.85 bits per heavy atom. The van der Waals surface area contributed by atoms with Gasteiger partial charge in [0.1, 0.15) is 11.9 Å². The number of carbonyl (C=O) groups is 1. The minimum absolute atomic E-state index is 0.0735. The van der Waals surface area contributed by atoms with E-state index in [9.17, 15) is 4.79 Å². The molecule has 0 radical (unpaired) electrons. The van der Waals surface area contributed by atoms with Crippen molar-refractivity contribution in [2.45, 2.75) is 38.3 Å². The van der Waals surface area contributed by atoms with Gasteiger partial charge in [-0.1, -0.05) is 30.3 Å². The average molecular weight is 533 g/mol. The summed E-state index contributed by atoms with van der Waals surface area (Å²) in [5, 5.41) is 19.6. The van der Waals surface area contributed by atoms with E-state index in [1.807, 2.05) is 78.8 Å². The second-order valence-electron chi connectivity index (χ2n) is 9.89. The monoisotopic (exact) mass is 532 g/mol. The predicted octanol–water partition coefficient (Wildman–Crippen LogP) is 6.11. The number of anilines is 3. The molecule has 0 saturated heterocycles. The van der Waals surface area contributed by atoms with E-state index < -0.39 is 0 Å². The first-order chi connectivity index (χ1) is 19.6. The molecule has 202 valence electrons. The maximum absolute atomic E-state index is 13.6. The molecule has 0 atom stereocenters. The number of urea groups is 1. The van der Waals surface area contributed by atoms with Crippen molar-refractivity contribution in [3.63, 3.8) is 0 Å². The zero-order valence-electron chi connectivity index (χ0n) is 22.4. The lowest BCUT2D eigenvalue weighted by atomic mass is 9.86. The Hall–Kier alpha value is -4.97. The van der Waals surface area contributed by atoms with Gasteiger partial charge in [0.15, 0.2) is 5.82 Å². The molecule has 9 nitrogen and oxygen atoms in total. The van der Waals surface area contributed by atoms with Crippen molar-refractivity contribution in [3.8, 4) is 6.07 Å². The summed E-state index contributed by atoms with van der Waals surface area (Å²) in [5.41, 5.74) is 3.36. The van der Waals surface area contributed by atoms with Crippen LogP contribution in [0.4, 0.5) is 27.8 Å². The lowest BCUT2D eigenvalue weighted by molar-refractivity contribution is 0.240. The molecule has 1 saturated carbocycles. The third kappa shape index (κ3) is 6.72. The van der Waals surface area contributed by atoms with Gasteiger partial charge in [0.05, 0.1) is 11.8 Å². The number of aliphatic imine (C=N–C) groups is 1. The van der Waals surface area contributed by atoms with Crippen molar-refractivity contribution in [1.29, 1.82) is 5.26 Å². The fraction of sp³-hybridized carbons (Fsp3) is 0.258. The molecule has 5 rings (SSSR count). The Labute approximate surface area is 234 Å². The SMILES string of the molecule is Cn1nccc1Nc1ccc(N(C(=O)NCc2ccccc2)C2CCC(C=Nc3ccc(C#N)cn3)CC2)cc1. The van der Waals surface area contributed by atoms with E-state index in [0.717, 1.165) is 48.4 Å². The zero-order valence-corrected chi connectivity index (χ0v) is 22.4. The highest BCUT2D eigenvalue weighted by atomic mass is 16.2. The molecule has 0 spiro atoms. The highest BCUT2D eigenvalue weighted by Gasteiger charge is 2.29. The molecular formula is C31H32N8O. The van der Waals surface area contributed by atoms with Gasteiger partial charge in [-0.05, 0) is 73.6 Å². The van der Waals surface area contributed by atoms with Crippen LogP contribution < -0.4 is 15.5 Å². The van der Waals surface area contributed by atoms with E-state index in [-0.39, 0.29) is 12.1 Å². The molecule has 2 heterocycles. The Kier molecular flexibility index (Phi) is 8.47. The van der Waals surface area contributed by atoms with Gasteiger partial charge in [0.25, 0.3) is 0 Å². The first-order valence-electron chi connectivity index (χ1n) is 13.5. The third-order valence-corrected chi connectivity index (χ3v) is 7.15. The Morgan fingerprint density at radius 3 is 2.50 bits per heavy atom. The number of aryl methyl sites for hydroxylation is 1.